The Hall–Kier alpha value is 0.470. The van der Waals surface area contributed by atoms with Crippen LogP contribution in [0.4, 0.5) is 0 Å². The second kappa shape index (κ2) is 1.06. The van der Waals surface area contributed by atoms with Crippen LogP contribution < -0.4 is 21.2 Å². The predicted molar refractivity (Wildman–Crippen MR) is 14.0 cm³/mol. The Morgan fingerprint density at radius 2 is 2.00 bits per heavy atom. The molecule has 1 aliphatic heterocycles. The van der Waals surface area contributed by atoms with E-state index in [4.69, 9.17) is 0 Å². The Bertz CT molecular complexity index is 32.5. The molecule has 0 atom stereocenters. The summed E-state index contributed by atoms with van der Waals surface area (Å²) in [6.07, 6.45) is 2.23. The fourth-order valence-corrected chi connectivity index (χ4v) is 0.598. The molecule has 0 nitrogen and oxygen atoms in total. The van der Waals surface area contributed by atoms with E-state index >= 15 is 0 Å². The molecule has 0 aromatic carbocycles. The van der Waals surface area contributed by atoms with Crippen molar-refractivity contribution in [1.82, 2.24) is 0 Å². The third kappa shape index (κ3) is 0.267. The molecular weight excluding hydrogens is 163 g/mol. The van der Waals surface area contributed by atoms with E-state index in [1.54, 1.807) is 0 Å². The van der Waals surface area contributed by atoms with E-state index in [2.05, 4.69) is 10.2 Å². The molecule has 0 amide bonds. The molecular formula is C3H4I-. The second-order valence-electron chi connectivity index (χ2n) is 0.670. The van der Waals surface area contributed by atoms with Gasteiger partial charge in [0.1, 0.15) is 0 Å². The topological polar surface area (TPSA) is 0 Å². The maximum atomic E-state index is 2.29. The van der Waals surface area contributed by atoms with E-state index in [0.717, 1.165) is 0 Å². The molecule has 0 radical (unpaired) electrons. The van der Waals surface area contributed by atoms with Crippen molar-refractivity contribution in [3.63, 3.8) is 0 Å². The molecule has 0 fully saturated rings. The van der Waals surface area contributed by atoms with E-state index in [9.17, 15) is 0 Å². The normalized spacial score (nSPS) is 22.0. The van der Waals surface area contributed by atoms with Crippen LogP contribution in [0.5, 0.6) is 0 Å². The minimum absolute atomic E-state index is 0.611. The van der Waals surface area contributed by atoms with E-state index in [1.165, 1.54) is 4.43 Å². The third-order valence-corrected chi connectivity index (χ3v) is 2.39. The van der Waals surface area contributed by atoms with Gasteiger partial charge in [-0.05, 0) is 0 Å². The first-order valence-electron chi connectivity index (χ1n) is 1.23. The fourth-order valence-electron chi connectivity index (χ4n) is 0.0891. The van der Waals surface area contributed by atoms with Gasteiger partial charge in [0.25, 0.3) is 0 Å². The zero-order valence-electron chi connectivity index (χ0n) is 2.24. The van der Waals surface area contributed by atoms with Gasteiger partial charge in [-0.15, -0.1) is 0 Å². The summed E-state index contributed by atoms with van der Waals surface area (Å²) in [5.41, 5.74) is 0. The summed E-state index contributed by atoms with van der Waals surface area (Å²) < 4.78 is 3.72. The first-order valence-corrected chi connectivity index (χ1v) is 4.00. The first kappa shape index (κ1) is 2.69. The van der Waals surface area contributed by atoms with Crippen LogP contribution in [-0.4, -0.2) is 4.43 Å². The first-order chi connectivity index (χ1) is 2.00. The molecule has 0 unspecified atom stereocenters. The van der Waals surface area contributed by atoms with Crippen LogP contribution in [0.25, 0.3) is 0 Å². The predicted octanol–water partition coefficient (Wildman–Crippen LogP) is -2.40. The Labute approximate surface area is 36.2 Å². The zero-order chi connectivity index (χ0) is 2.83. The van der Waals surface area contributed by atoms with Crippen LogP contribution in [0.1, 0.15) is 0 Å². The van der Waals surface area contributed by atoms with Gasteiger partial charge in [0.2, 0.25) is 0 Å². The molecule has 0 saturated carbocycles. The van der Waals surface area contributed by atoms with Crippen molar-refractivity contribution in [1.29, 1.82) is 0 Å². The quantitative estimate of drug-likeness (QED) is 0.279. The van der Waals surface area contributed by atoms with Gasteiger partial charge in [0.15, 0.2) is 0 Å². The summed E-state index contributed by atoms with van der Waals surface area (Å²) in [5, 5.41) is 0. The van der Waals surface area contributed by atoms with Crippen LogP contribution in [0, 0.1) is 0 Å². The second-order valence-corrected chi connectivity index (χ2v) is 3.15. The molecule has 4 heavy (non-hydrogen) atoms. The monoisotopic (exact) mass is 167 g/mol. The SMILES string of the molecule is C1=C[I-]C1. The summed E-state index contributed by atoms with van der Waals surface area (Å²) in [7, 11) is 0. The van der Waals surface area contributed by atoms with Crippen molar-refractivity contribution in [2.75, 3.05) is 4.43 Å². The summed E-state index contributed by atoms with van der Waals surface area (Å²) >= 11 is 0.611. The molecule has 0 spiro atoms. The van der Waals surface area contributed by atoms with Crippen molar-refractivity contribution in [3.05, 3.63) is 10.2 Å². The van der Waals surface area contributed by atoms with Gasteiger partial charge in [-0.25, -0.2) is 0 Å². The van der Waals surface area contributed by atoms with Crippen molar-refractivity contribution >= 4 is 0 Å². The van der Waals surface area contributed by atoms with E-state index in [1.807, 2.05) is 0 Å². The van der Waals surface area contributed by atoms with Gasteiger partial charge in [-0.2, -0.15) is 0 Å². The van der Waals surface area contributed by atoms with Crippen molar-refractivity contribution in [3.8, 4) is 0 Å². The van der Waals surface area contributed by atoms with Crippen LogP contribution in [0.2, 0.25) is 0 Å². The van der Waals surface area contributed by atoms with Crippen LogP contribution in [0.15, 0.2) is 10.2 Å². The molecule has 1 heterocycles. The number of halogens is 1. The van der Waals surface area contributed by atoms with Crippen LogP contribution in [-0.2, 0) is 0 Å². The molecule has 1 heteroatoms. The van der Waals surface area contributed by atoms with Gasteiger partial charge in [0, 0.05) is 0 Å². The Kier molecular flexibility index (Phi) is 0.714. The molecule has 1 aliphatic rings. The molecule has 0 aliphatic carbocycles. The van der Waals surface area contributed by atoms with Gasteiger partial charge in [-0.3, -0.25) is 0 Å². The van der Waals surface area contributed by atoms with Gasteiger partial charge in [0.05, 0.1) is 0 Å². The maximum absolute atomic E-state index is 2.29. The number of alkyl halides is 1. The molecule has 24 valence electrons. The molecule has 0 N–H and O–H groups in total. The summed E-state index contributed by atoms with van der Waals surface area (Å²) in [6.45, 7) is 0. The fraction of sp³-hybridized carbons (Fsp3) is 0.333. The van der Waals surface area contributed by atoms with Crippen molar-refractivity contribution in [2.24, 2.45) is 0 Å². The summed E-state index contributed by atoms with van der Waals surface area (Å²) in [6, 6.07) is 0. The standard InChI is InChI=1S/C3H4I/c1-2-4-3-1/h1-2H,3H2/q-1. The van der Waals surface area contributed by atoms with Crippen LogP contribution in [0.3, 0.4) is 0 Å². The molecule has 0 bridgehead atoms. The Balaban J connectivity index is 2.47. The Morgan fingerprint density at radius 3 is 2.00 bits per heavy atom. The molecule has 0 aromatic rings. The van der Waals surface area contributed by atoms with E-state index in [0.29, 0.717) is 21.2 Å². The van der Waals surface area contributed by atoms with E-state index in [-0.39, 0.29) is 0 Å². The number of hydrogen-bond acceptors (Lipinski definition) is 0. The van der Waals surface area contributed by atoms with Gasteiger partial charge in [-0.1, -0.05) is 0 Å². The minimum atomic E-state index is 0.611. The zero-order valence-corrected chi connectivity index (χ0v) is 4.40. The summed E-state index contributed by atoms with van der Waals surface area (Å²) in [5.74, 6) is 0. The number of hydrogen-bond donors (Lipinski definition) is 0. The summed E-state index contributed by atoms with van der Waals surface area (Å²) in [4.78, 5) is 0. The molecule has 0 aromatic heterocycles. The molecule has 1 rings (SSSR count). The van der Waals surface area contributed by atoms with Gasteiger partial charge < -0.3 is 0 Å². The van der Waals surface area contributed by atoms with Gasteiger partial charge >= 0.3 is 35.8 Å². The average molecular weight is 167 g/mol. The molecule has 0 saturated heterocycles. The Morgan fingerprint density at radius 1 is 1.75 bits per heavy atom. The van der Waals surface area contributed by atoms with Crippen LogP contribution >= 0.6 is 0 Å². The number of allylic oxidation sites excluding steroid dienone is 1. The average Bonchev–Trinajstić information content (AvgIpc) is 0.722. The number of rotatable bonds is 0. The third-order valence-electron chi connectivity index (χ3n) is 0.356. The van der Waals surface area contributed by atoms with Crippen molar-refractivity contribution < 1.29 is 21.2 Å². The van der Waals surface area contributed by atoms with E-state index < -0.39 is 0 Å². The van der Waals surface area contributed by atoms with Crippen molar-refractivity contribution in [2.45, 2.75) is 0 Å².